The first-order valence-electron chi connectivity index (χ1n) is 4.55. The summed E-state index contributed by atoms with van der Waals surface area (Å²) in [5.74, 6) is -0.947. The summed E-state index contributed by atoms with van der Waals surface area (Å²) in [4.78, 5) is 10.8. The minimum atomic E-state index is -0.947. The monoisotopic (exact) mass is 235 g/mol. The second kappa shape index (κ2) is 4.28. The van der Waals surface area contributed by atoms with Crippen molar-refractivity contribution < 1.29 is 9.90 Å². The molecule has 0 unspecified atom stereocenters. The van der Waals surface area contributed by atoms with Crippen LogP contribution in [-0.2, 0) is 0 Å². The van der Waals surface area contributed by atoms with E-state index in [1.807, 2.05) is 6.92 Å². The van der Waals surface area contributed by atoms with Gasteiger partial charge in [-0.25, -0.2) is 4.79 Å². The van der Waals surface area contributed by atoms with Crippen molar-refractivity contribution in [3.63, 3.8) is 0 Å². The van der Waals surface area contributed by atoms with Gasteiger partial charge in [0.05, 0.1) is 5.56 Å². The zero-order valence-electron chi connectivity index (χ0n) is 8.47. The maximum atomic E-state index is 10.8. The number of aromatic nitrogens is 2. The fraction of sp³-hybridized carbons (Fsp3) is 0.100. The average Bonchev–Trinajstić information content (AvgIpc) is 2.64. The predicted molar refractivity (Wildman–Crippen MR) is 61.3 cm³/mol. The third-order valence-electron chi connectivity index (χ3n) is 1.89. The van der Waals surface area contributed by atoms with Gasteiger partial charge in [0.15, 0.2) is 0 Å². The molecule has 16 heavy (non-hydrogen) atoms. The molecule has 1 heterocycles. The molecule has 1 aromatic carbocycles. The minimum absolute atomic E-state index is 0.242. The van der Waals surface area contributed by atoms with Gasteiger partial charge in [-0.1, -0.05) is 17.4 Å². The average molecular weight is 235 g/mol. The molecule has 0 aliphatic carbocycles. The van der Waals surface area contributed by atoms with Crippen molar-refractivity contribution in [1.29, 1.82) is 0 Å². The summed E-state index contributed by atoms with van der Waals surface area (Å²) < 4.78 is 0. The lowest BCUT2D eigenvalue weighted by Gasteiger charge is -2.02. The quantitative estimate of drug-likeness (QED) is 0.853. The highest BCUT2D eigenvalue weighted by Crippen LogP contribution is 2.20. The Bertz CT molecular complexity index is 524. The summed E-state index contributed by atoms with van der Waals surface area (Å²) in [6.45, 7) is 1.86. The lowest BCUT2D eigenvalue weighted by atomic mass is 10.2. The number of anilines is 2. The maximum Gasteiger partial charge on any atom is 0.335 e. The molecule has 0 saturated carbocycles. The smallest absolute Gasteiger partial charge is 0.335 e. The van der Waals surface area contributed by atoms with Crippen molar-refractivity contribution in [2.75, 3.05) is 5.32 Å². The van der Waals surface area contributed by atoms with Gasteiger partial charge in [0.1, 0.15) is 5.01 Å². The molecule has 6 heteroatoms. The molecule has 0 atom stereocenters. The van der Waals surface area contributed by atoms with E-state index in [-0.39, 0.29) is 5.56 Å². The molecule has 0 aliphatic heterocycles. The summed E-state index contributed by atoms with van der Waals surface area (Å²) >= 11 is 1.42. The van der Waals surface area contributed by atoms with Crippen molar-refractivity contribution in [2.45, 2.75) is 6.92 Å². The van der Waals surface area contributed by atoms with Crippen LogP contribution in [0.1, 0.15) is 15.4 Å². The van der Waals surface area contributed by atoms with Crippen LogP contribution in [0.3, 0.4) is 0 Å². The molecule has 0 amide bonds. The molecule has 0 radical (unpaired) electrons. The number of nitrogens with zero attached hydrogens (tertiary/aromatic N) is 2. The Morgan fingerprint density at radius 1 is 1.44 bits per heavy atom. The Labute approximate surface area is 95.8 Å². The zero-order valence-corrected chi connectivity index (χ0v) is 9.28. The van der Waals surface area contributed by atoms with E-state index in [1.165, 1.54) is 11.3 Å². The number of carboxylic acid groups (broad SMARTS) is 1. The summed E-state index contributed by atoms with van der Waals surface area (Å²) in [6.07, 6.45) is 0. The van der Waals surface area contributed by atoms with E-state index in [2.05, 4.69) is 15.5 Å². The largest absolute Gasteiger partial charge is 0.478 e. The highest BCUT2D eigenvalue weighted by atomic mass is 32.1. The first-order chi connectivity index (χ1) is 7.65. The summed E-state index contributed by atoms with van der Waals surface area (Å²) in [6, 6.07) is 6.56. The van der Waals surface area contributed by atoms with Crippen LogP contribution in [0.2, 0.25) is 0 Å². The molecule has 82 valence electrons. The molecule has 0 bridgehead atoms. The van der Waals surface area contributed by atoms with Gasteiger partial charge < -0.3 is 10.4 Å². The van der Waals surface area contributed by atoms with Crippen LogP contribution in [0.15, 0.2) is 24.3 Å². The van der Waals surface area contributed by atoms with Crippen LogP contribution in [0.4, 0.5) is 10.8 Å². The van der Waals surface area contributed by atoms with Gasteiger partial charge in [-0.05, 0) is 25.1 Å². The van der Waals surface area contributed by atoms with Gasteiger partial charge in [0.25, 0.3) is 0 Å². The van der Waals surface area contributed by atoms with Crippen molar-refractivity contribution in [1.82, 2.24) is 10.2 Å². The Balaban J connectivity index is 2.21. The highest BCUT2D eigenvalue weighted by Gasteiger charge is 2.05. The van der Waals surface area contributed by atoms with Gasteiger partial charge in [-0.3, -0.25) is 0 Å². The fourth-order valence-corrected chi connectivity index (χ4v) is 1.81. The second-order valence-electron chi connectivity index (χ2n) is 3.14. The van der Waals surface area contributed by atoms with Gasteiger partial charge in [-0.15, -0.1) is 10.2 Å². The lowest BCUT2D eigenvalue weighted by molar-refractivity contribution is 0.0697. The number of hydrogen-bond acceptors (Lipinski definition) is 5. The molecule has 0 saturated heterocycles. The molecule has 5 nitrogen and oxygen atoms in total. The molecular weight excluding hydrogens is 226 g/mol. The molecule has 2 N–H and O–H groups in total. The Morgan fingerprint density at radius 3 is 2.88 bits per heavy atom. The Hall–Kier alpha value is -1.95. The summed E-state index contributed by atoms with van der Waals surface area (Å²) in [5.41, 5.74) is 0.933. The van der Waals surface area contributed by atoms with Gasteiger partial charge in [0, 0.05) is 5.69 Å². The van der Waals surface area contributed by atoms with Crippen LogP contribution < -0.4 is 5.32 Å². The van der Waals surface area contributed by atoms with Crippen LogP contribution in [0.25, 0.3) is 0 Å². The van der Waals surface area contributed by atoms with Crippen molar-refractivity contribution in [3.8, 4) is 0 Å². The number of aromatic carboxylic acids is 1. The van der Waals surface area contributed by atoms with E-state index in [0.29, 0.717) is 10.8 Å². The van der Waals surface area contributed by atoms with Crippen molar-refractivity contribution in [2.24, 2.45) is 0 Å². The molecule has 2 aromatic rings. The zero-order chi connectivity index (χ0) is 11.5. The Morgan fingerprint density at radius 2 is 2.25 bits per heavy atom. The number of nitrogens with one attached hydrogen (secondary N) is 1. The van der Waals surface area contributed by atoms with E-state index >= 15 is 0 Å². The van der Waals surface area contributed by atoms with Crippen LogP contribution >= 0.6 is 11.3 Å². The molecule has 2 rings (SSSR count). The lowest BCUT2D eigenvalue weighted by Crippen LogP contribution is -1.97. The van der Waals surface area contributed by atoms with E-state index in [4.69, 9.17) is 5.11 Å². The maximum absolute atomic E-state index is 10.8. The highest BCUT2D eigenvalue weighted by molar-refractivity contribution is 7.15. The van der Waals surface area contributed by atoms with Gasteiger partial charge >= 0.3 is 5.97 Å². The van der Waals surface area contributed by atoms with Gasteiger partial charge in [0.2, 0.25) is 5.13 Å². The molecule has 1 aromatic heterocycles. The van der Waals surface area contributed by atoms with E-state index in [1.54, 1.807) is 24.3 Å². The second-order valence-corrected chi connectivity index (χ2v) is 4.32. The normalized spacial score (nSPS) is 10.1. The standard InChI is InChI=1S/C10H9N3O2S/c1-6-12-13-10(16-6)11-8-4-2-3-7(5-8)9(14)15/h2-5H,1H3,(H,11,13)(H,14,15). The molecule has 0 spiro atoms. The summed E-state index contributed by atoms with van der Waals surface area (Å²) in [5, 5.41) is 21.1. The van der Waals surface area contributed by atoms with Crippen LogP contribution in [-0.4, -0.2) is 21.3 Å². The number of aryl methyl sites for hydroxylation is 1. The van der Waals surface area contributed by atoms with Gasteiger partial charge in [-0.2, -0.15) is 0 Å². The van der Waals surface area contributed by atoms with Crippen molar-refractivity contribution in [3.05, 3.63) is 34.8 Å². The van der Waals surface area contributed by atoms with Crippen LogP contribution in [0, 0.1) is 6.92 Å². The number of carboxylic acids is 1. The summed E-state index contributed by atoms with van der Waals surface area (Å²) in [7, 11) is 0. The fourth-order valence-electron chi connectivity index (χ4n) is 1.20. The van der Waals surface area contributed by atoms with Crippen molar-refractivity contribution >= 4 is 28.1 Å². The molecular formula is C10H9N3O2S. The van der Waals surface area contributed by atoms with E-state index in [0.717, 1.165) is 5.01 Å². The number of hydrogen-bond donors (Lipinski definition) is 2. The SMILES string of the molecule is Cc1nnc(Nc2cccc(C(=O)O)c2)s1. The molecule has 0 fully saturated rings. The first kappa shape index (κ1) is 10.6. The Kier molecular flexibility index (Phi) is 2.82. The first-order valence-corrected chi connectivity index (χ1v) is 5.37. The predicted octanol–water partition coefficient (Wildman–Crippen LogP) is 2.29. The van der Waals surface area contributed by atoms with Crippen LogP contribution in [0.5, 0.6) is 0 Å². The topological polar surface area (TPSA) is 75.1 Å². The minimum Gasteiger partial charge on any atom is -0.478 e. The number of carbonyl (C=O) groups is 1. The number of rotatable bonds is 3. The third kappa shape index (κ3) is 2.34. The van der Waals surface area contributed by atoms with E-state index in [9.17, 15) is 4.79 Å². The number of benzene rings is 1. The third-order valence-corrected chi connectivity index (χ3v) is 2.64. The van der Waals surface area contributed by atoms with E-state index < -0.39 is 5.97 Å². The molecule has 0 aliphatic rings.